The number of anilines is 1. The first-order valence-corrected chi connectivity index (χ1v) is 11.2. The predicted octanol–water partition coefficient (Wildman–Crippen LogP) is 3.81. The molecule has 2 amide bonds. The number of imide groups is 1. The molecule has 4 aromatic heterocycles. The Morgan fingerprint density at radius 2 is 1.69 bits per heavy atom. The summed E-state index contributed by atoms with van der Waals surface area (Å²) < 4.78 is 19.0. The van der Waals surface area contributed by atoms with E-state index in [1.54, 1.807) is 41.5 Å². The van der Waals surface area contributed by atoms with Crippen LogP contribution in [0.5, 0.6) is 0 Å². The number of amides is 2. The molecule has 0 aliphatic carbocycles. The quantitative estimate of drug-likeness (QED) is 0.393. The van der Waals surface area contributed by atoms with Crippen LogP contribution < -0.4 is 10.5 Å². The summed E-state index contributed by atoms with van der Waals surface area (Å²) in [4.78, 5) is 51.7. The van der Waals surface area contributed by atoms with Gasteiger partial charge in [-0.3, -0.25) is 0 Å². The van der Waals surface area contributed by atoms with Gasteiger partial charge in [0.05, 0.1) is 11.3 Å². The van der Waals surface area contributed by atoms with E-state index in [0.717, 1.165) is 6.33 Å². The Balaban J connectivity index is 1.76. The van der Waals surface area contributed by atoms with Crippen molar-refractivity contribution < 1.29 is 23.5 Å². The van der Waals surface area contributed by atoms with E-state index >= 15 is 0 Å². The minimum absolute atomic E-state index is 0.0349. The van der Waals surface area contributed by atoms with Crippen molar-refractivity contribution in [3.8, 4) is 0 Å². The second kappa shape index (κ2) is 8.90. The normalized spacial score (nSPS) is 12.2. The maximum atomic E-state index is 13.0. The summed E-state index contributed by atoms with van der Waals surface area (Å²) in [5, 5.41) is 4.47. The Morgan fingerprint density at radius 3 is 2.31 bits per heavy atom. The first kappa shape index (κ1) is 25.1. The molecule has 0 fully saturated rings. The second-order valence-electron chi connectivity index (χ2n) is 9.78. The Morgan fingerprint density at radius 1 is 1.06 bits per heavy atom. The van der Waals surface area contributed by atoms with Gasteiger partial charge < -0.3 is 18.5 Å². The monoisotopic (exact) mass is 517 g/mol. The number of hydrogen-bond acceptors (Lipinski definition) is 10. The van der Waals surface area contributed by atoms with Crippen LogP contribution in [0.3, 0.4) is 0 Å². The highest BCUT2D eigenvalue weighted by Crippen LogP contribution is 2.26. The molecule has 0 bridgehead atoms. The molecule has 4 rings (SSSR count). The van der Waals surface area contributed by atoms with Crippen molar-refractivity contribution in [1.82, 2.24) is 29.1 Å². The molecule has 190 valence electrons. The molecule has 0 atom stereocenters. The van der Waals surface area contributed by atoms with Crippen LogP contribution in [0.4, 0.5) is 15.4 Å². The van der Waals surface area contributed by atoms with Gasteiger partial charge in [-0.25, -0.2) is 33.9 Å². The van der Waals surface area contributed by atoms with E-state index in [0.29, 0.717) is 4.90 Å². The summed E-state index contributed by atoms with van der Waals surface area (Å²) in [6, 6.07) is 1.53. The molecule has 0 unspecified atom stereocenters. The first-order chi connectivity index (χ1) is 16.7. The molecule has 36 heavy (non-hydrogen) atoms. The van der Waals surface area contributed by atoms with Gasteiger partial charge >= 0.3 is 17.8 Å². The molecule has 0 aliphatic rings. The molecule has 0 saturated carbocycles. The first-order valence-electron chi connectivity index (χ1n) is 10.8. The number of carbonyl (C=O) groups excluding carboxylic acids is 2. The zero-order valence-electron chi connectivity index (χ0n) is 20.5. The summed E-state index contributed by atoms with van der Waals surface area (Å²) in [7, 11) is 0. The Hall–Kier alpha value is -4.00. The summed E-state index contributed by atoms with van der Waals surface area (Å²) in [6.45, 7) is 9.95. The third-order valence-electron chi connectivity index (χ3n) is 4.49. The van der Waals surface area contributed by atoms with Crippen LogP contribution in [0.25, 0.3) is 16.7 Å². The summed E-state index contributed by atoms with van der Waals surface area (Å²) in [5.74, 6) is -0.0836. The fraction of sp³-hybridized carbons (Fsp3) is 0.409. The van der Waals surface area contributed by atoms with Gasteiger partial charge in [0.2, 0.25) is 5.89 Å². The van der Waals surface area contributed by atoms with Gasteiger partial charge in [-0.1, -0.05) is 11.6 Å². The molecule has 0 aromatic carbocycles. The van der Waals surface area contributed by atoms with Crippen molar-refractivity contribution >= 4 is 46.3 Å². The standard InChI is InChI=1S/C22H24ClN7O6/c1-21(2,3)35-19(32)30(20(33)36-22(4,5)6)17-14-16(24-10-25-17)28(11-26-14)9-13-27-29-8-7-12(23)15(29)18(31)34-13/h7-8,10-11H,9H2,1-6H3. The number of fused-ring (bicyclic) bond motifs is 2. The molecule has 0 saturated heterocycles. The van der Waals surface area contributed by atoms with Crippen molar-refractivity contribution in [2.24, 2.45) is 0 Å². The van der Waals surface area contributed by atoms with E-state index in [2.05, 4.69) is 20.1 Å². The van der Waals surface area contributed by atoms with Crippen LogP contribution in [0.15, 0.2) is 34.1 Å². The molecule has 0 aliphatic heterocycles. The minimum atomic E-state index is -0.992. The smallest absolute Gasteiger partial charge is 0.425 e. The van der Waals surface area contributed by atoms with Crippen molar-refractivity contribution in [3.63, 3.8) is 0 Å². The van der Waals surface area contributed by atoms with Crippen molar-refractivity contribution in [2.45, 2.75) is 59.3 Å². The average Bonchev–Trinajstić information content (AvgIpc) is 3.30. The van der Waals surface area contributed by atoms with E-state index in [4.69, 9.17) is 25.5 Å². The highest BCUT2D eigenvalue weighted by molar-refractivity contribution is 6.33. The highest BCUT2D eigenvalue weighted by atomic mass is 35.5. The Bertz CT molecular complexity index is 1500. The third-order valence-corrected chi connectivity index (χ3v) is 4.80. The summed E-state index contributed by atoms with van der Waals surface area (Å²) in [6.07, 6.45) is 2.10. The van der Waals surface area contributed by atoms with Gasteiger partial charge in [0, 0.05) is 6.20 Å². The van der Waals surface area contributed by atoms with E-state index in [1.807, 2.05) is 0 Å². The van der Waals surface area contributed by atoms with Crippen LogP contribution in [0.2, 0.25) is 5.02 Å². The van der Waals surface area contributed by atoms with Crippen LogP contribution in [0, 0.1) is 0 Å². The molecule has 13 nitrogen and oxygen atoms in total. The van der Waals surface area contributed by atoms with Crippen LogP contribution >= 0.6 is 11.6 Å². The van der Waals surface area contributed by atoms with Gasteiger partial charge in [0.25, 0.3) is 0 Å². The van der Waals surface area contributed by atoms with Crippen LogP contribution in [0.1, 0.15) is 47.4 Å². The van der Waals surface area contributed by atoms with E-state index < -0.39 is 29.0 Å². The molecular formula is C22H24ClN7O6. The third kappa shape index (κ3) is 5.15. The number of rotatable bonds is 3. The summed E-state index contributed by atoms with van der Waals surface area (Å²) in [5.41, 5.74) is -1.98. The zero-order valence-corrected chi connectivity index (χ0v) is 21.2. The maximum absolute atomic E-state index is 13.0. The topological polar surface area (TPSA) is 147 Å². The van der Waals surface area contributed by atoms with Gasteiger partial charge in [0.15, 0.2) is 22.5 Å². The number of ether oxygens (including phenoxy) is 2. The molecule has 0 radical (unpaired) electrons. The number of carbonyl (C=O) groups is 2. The maximum Gasteiger partial charge on any atom is 0.425 e. The summed E-state index contributed by atoms with van der Waals surface area (Å²) >= 11 is 6.00. The van der Waals surface area contributed by atoms with Gasteiger partial charge in [-0.15, -0.1) is 5.10 Å². The fourth-order valence-electron chi connectivity index (χ4n) is 3.19. The molecule has 0 spiro atoms. The average molecular weight is 518 g/mol. The lowest BCUT2D eigenvalue weighted by Crippen LogP contribution is -2.44. The Kier molecular flexibility index (Phi) is 6.20. The molecule has 4 aromatic rings. The van der Waals surface area contributed by atoms with Crippen LogP contribution in [-0.4, -0.2) is 52.5 Å². The zero-order chi connectivity index (χ0) is 26.4. The SMILES string of the molecule is CC(C)(C)OC(=O)N(C(=O)OC(C)(C)C)c1ncnc2c1ncn2Cc1nn2ccc(Cl)c2c(=O)o1. The largest absolute Gasteiger partial charge is 0.443 e. The second-order valence-corrected chi connectivity index (χ2v) is 10.2. The molecule has 4 heterocycles. The van der Waals surface area contributed by atoms with Crippen molar-refractivity contribution in [2.75, 3.05) is 4.90 Å². The number of hydrogen-bond donors (Lipinski definition) is 0. The lowest BCUT2D eigenvalue weighted by atomic mass is 10.2. The Labute approximate surface area is 209 Å². The molecular weight excluding hydrogens is 494 g/mol. The van der Waals surface area contributed by atoms with Crippen LogP contribution in [-0.2, 0) is 16.0 Å². The van der Waals surface area contributed by atoms with E-state index in [1.165, 1.54) is 27.7 Å². The van der Waals surface area contributed by atoms with Crippen molar-refractivity contribution in [3.05, 3.63) is 46.3 Å². The minimum Gasteiger partial charge on any atom is -0.443 e. The number of halogens is 1. The van der Waals surface area contributed by atoms with Gasteiger partial charge in [-0.05, 0) is 47.6 Å². The number of imidazole rings is 1. The lowest BCUT2D eigenvalue weighted by Gasteiger charge is -2.28. The number of aromatic nitrogens is 6. The van der Waals surface area contributed by atoms with Crippen molar-refractivity contribution in [1.29, 1.82) is 0 Å². The molecule has 0 N–H and O–H groups in total. The van der Waals surface area contributed by atoms with E-state index in [9.17, 15) is 14.4 Å². The van der Waals surface area contributed by atoms with E-state index in [-0.39, 0.29) is 40.0 Å². The number of nitrogens with zero attached hydrogens (tertiary/aromatic N) is 7. The highest BCUT2D eigenvalue weighted by Gasteiger charge is 2.35. The molecule has 14 heteroatoms. The van der Waals surface area contributed by atoms with Gasteiger partial charge in [-0.2, -0.15) is 4.90 Å². The van der Waals surface area contributed by atoms with Gasteiger partial charge in [0.1, 0.15) is 24.1 Å². The fourth-order valence-corrected chi connectivity index (χ4v) is 3.41. The predicted molar refractivity (Wildman–Crippen MR) is 128 cm³/mol. The lowest BCUT2D eigenvalue weighted by molar-refractivity contribution is 0.0429.